The fourth-order valence-electron chi connectivity index (χ4n) is 2.67. The number of hydrogen-bond donors (Lipinski definition) is 1. The van der Waals surface area contributed by atoms with Crippen LogP contribution < -0.4 is 0 Å². The smallest absolute Gasteiger partial charge is 0.211 e. The first kappa shape index (κ1) is 10.3. The van der Waals surface area contributed by atoms with Crippen LogP contribution >= 0.6 is 22.6 Å². The zero-order valence-electron chi connectivity index (χ0n) is 8.59. The molecule has 0 unspecified atom stereocenters. The maximum Gasteiger partial charge on any atom is 0.211 e. The Kier molecular flexibility index (Phi) is 2.27. The van der Waals surface area contributed by atoms with Crippen molar-refractivity contribution in [1.82, 2.24) is 0 Å². The summed E-state index contributed by atoms with van der Waals surface area (Å²) in [5.41, 5.74) is 4.66. The van der Waals surface area contributed by atoms with Crippen molar-refractivity contribution in [3.63, 3.8) is 0 Å². The molecule has 0 atom stereocenters. The van der Waals surface area contributed by atoms with Gasteiger partial charge in [-0.05, 0) is 64.6 Å². The Bertz CT molecular complexity index is 534. The van der Waals surface area contributed by atoms with Gasteiger partial charge in [0, 0.05) is 15.6 Å². The number of halogens is 1. The van der Waals surface area contributed by atoms with Crippen molar-refractivity contribution in [3.05, 3.63) is 31.9 Å². The van der Waals surface area contributed by atoms with Crippen LogP contribution in [0.2, 0.25) is 0 Å². The monoisotopic (exact) mass is 327 g/mol. The second kappa shape index (κ2) is 3.55. The maximum absolute atomic E-state index is 12.0. The molecule has 1 aromatic carbocycles. The molecule has 0 spiro atoms. The third-order valence-corrected chi connectivity index (χ3v) is 4.37. The molecule has 0 saturated heterocycles. The highest BCUT2D eigenvalue weighted by Crippen LogP contribution is 2.35. The Morgan fingerprint density at radius 1 is 1.31 bits per heavy atom. The molecular weight excluding hydrogens is 317 g/mol. The Labute approximate surface area is 107 Å². The molecule has 0 radical (unpaired) electrons. The van der Waals surface area contributed by atoms with Gasteiger partial charge in [-0.25, -0.2) is 0 Å². The van der Waals surface area contributed by atoms with Gasteiger partial charge < -0.3 is 5.21 Å². The second-order valence-electron chi connectivity index (χ2n) is 4.26. The first-order valence-electron chi connectivity index (χ1n) is 5.31. The Morgan fingerprint density at radius 2 is 2.12 bits per heavy atom. The molecule has 0 fully saturated rings. The van der Waals surface area contributed by atoms with Crippen LogP contribution in [0.4, 0.5) is 0 Å². The van der Waals surface area contributed by atoms with Crippen molar-refractivity contribution in [1.29, 1.82) is 0 Å². The summed E-state index contributed by atoms with van der Waals surface area (Å²) in [6, 6.07) is 2.18. The number of Topliss-reactive ketones (excluding diaryl/α,β-unsaturated/α-hetero) is 1. The maximum atomic E-state index is 12.0. The summed E-state index contributed by atoms with van der Waals surface area (Å²) < 4.78 is 1.13. The van der Waals surface area contributed by atoms with E-state index in [0.29, 0.717) is 6.42 Å². The van der Waals surface area contributed by atoms with Gasteiger partial charge in [-0.3, -0.25) is 4.79 Å². The largest absolute Gasteiger partial charge is 0.411 e. The van der Waals surface area contributed by atoms with Crippen molar-refractivity contribution in [3.8, 4) is 0 Å². The lowest BCUT2D eigenvalue weighted by Crippen LogP contribution is -2.08. The summed E-state index contributed by atoms with van der Waals surface area (Å²) >= 11 is 2.27. The molecule has 1 aromatic rings. The van der Waals surface area contributed by atoms with Crippen LogP contribution in [0.1, 0.15) is 33.5 Å². The molecule has 0 amide bonds. The topological polar surface area (TPSA) is 49.7 Å². The van der Waals surface area contributed by atoms with Crippen molar-refractivity contribution in [2.75, 3.05) is 0 Å². The zero-order valence-corrected chi connectivity index (χ0v) is 10.7. The van der Waals surface area contributed by atoms with Crippen LogP contribution in [0.15, 0.2) is 11.2 Å². The fraction of sp³-hybridized carbons (Fsp3) is 0.333. The van der Waals surface area contributed by atoms with Crippen LogP contribution in [0, 0.1) is 3.57 Å². The number of hydrogen-bond acceptors (Lipinski definition) is 3. The Balaban J connectivity index is 2.29. The number of carbonyl (C=O) groups excluding carboxylic acids is 1. The predicted molar refractivity (Wildman–Crippen MR) is 68.4 cm³/mol. The van der Waals surface area contributed by atoms with Crippen molar-refractivity contribution >= 4 is 34.1 Å². The molecule has 16 heavy (non-hydrogen) atoms. The van der Waals surface area contributed by atoms with Gasteiger partial charge in [0.1, 0.15) is 5.71 Å². The van der Waals surface area contributed by atoms with Gasteiger partial charge in [-0.2, -0.15) is 0 Å². The average molecular weight is 327 g/mol. The molecule has 2 aliphatic rings. The van der Waals surface area contributed by atoms with Crippen LogP contribution in [-0.2, 0) is 19.3 Å². The summed E-state index contributed by atoms with van der Waals surface area (Å²) in [5, 5.41) is 11.9. The number of oxime groups is 1. The van der Waals surface area contributed by atoms with E-state index >= 15 is 0 Å². The molecule has 3 rings (SSSR count). The minimum Gasteiger partial charge on any atom is -0.411 e. The quantitative estimate of drug-likeness (QED) is 0.452. The van der Waals surface area contributed by atoms with Crippen LogP contribution in [0.25, 0.3) is 0 Å². The lowest BCUT2D eigenvalue weighted by molar-refractivity contribution is 0.106. The molecule has 0 saturated carbocycles. The van der Waals surface area contributed by atoms with Gasteiger partial charge >= 0.3 is 0 Å². The van der Waals surface area contributed by atoms with Crippen molar-refractivity contribution in [2.24, 2.45) is 5.16 Å². The van der Waals surface area contributed by atoms with Crippen LogP contribution in [-0.4, -0.2) is 16.7 Å². The molecule has 82 valence electrons. The summed E-state index contributed by atoms with van der Waals surface area (Å²) in [6.07, 6.45) is 3.66. The molecule has 0 heterocycles. The second-order valence-corrected chi connectivity index (χ2v) is 5.42. The van der Waals surface area contributed by atoms with Gasteiger partial charge in [0.05, 0.1) is 0 Å². The molecule has 3 nitrogen and oxygen atoms in total. The van der Waals surface area contributed by atoms with Gasteiger partial charge in [-0.1, -0.05) is 5.16 Å². The molecule has 0 aromatic heterocycles. The zero-order chi connectivity index (χ0) is 11.3. The molecule has 0 bridgehead atoms. The summed E-state index contributed by atoms with van der Waals surface area (Å²) in [7, 11) is 0. The Morgan fingerprint density at radius 3 is 2.88 bits per heavy atom. The standard InChI is InChI=1S/C12H10INO2/c13-9-4-6-2-1-3-7(6)11-8(9)5-10(14-16)12(11)15/h4,16H,1-3,5H2. The molecule has 2 aliphatic carbocycles. The van der Waals surface area contributed by atoms with E-state index in [1.807, 2.05) is 0 Å². The highest BCUT2D eigenvalue weighted by atomic mass is 127. The summed E-state index contributed by atoms with van der Waals surface area (Å²) in [6.45, 7) is 0. The molecular formula is C12H10INO2. The average Bonchev–Trinajstić information content (AvgIpc) is 2.83. The van der Waals surface area contributed by atoms with E-state index in [0.717, 1.165) is 34.0 Å². The first-order chi connectivity index (χ1) is 7.72. The lowest BCUT2D eigenvalue weighted by atomic mass is 9.99. The number of nitrogens with zero attached hydrogens (tertiary/aromatic N) is 1. The number of fused-ring (bicyclic) bond motifs is 3. The number of aryl methyl sites for hydroxylation is 1. The molecule has 0 aliphatic heterocycles. The number of carbonyl (C=O) groups is 1. The first-order valence-corrected chi connectivity index (χ1v) is 6.39. The summed E-state index contributed by atoms with van der Waals surface area (Å²) in [5.74, 6) is -0.0748. The van der Waals surface area contributed by atoms with E-state index < -0.39 is 0 Å². The van der Waals surface area contributed by atoms with E-state index in [4.69, 9.17) is 5.21 Å². The third kappa shape index (κ3) is 1.25. The lowest BCUT2D eigenvalue weighted by Gasteiger charge is -2.07. The van der Waals surface area contributed by atoms with Crippen LogP contribution in [0.5, 0.6) is 0 Å². The minimum atomic E-state index is -0.0748. The van der Waals surface area contributed by atoms with E-state index in [1.165, 1.54) is 11.1 Å². The normalized spacial score (nSPS) is 20.3. The fourth-order valence-corrected chi connectivity index (χ4v) is 3.51. The van der Waals surface area contributed by atoms with E-state index in [2.05, 4.69) is 33.8 Å². The SMILES string of the molecule is O=C1C(=NO)Cc2c(I)cc3c(c21)CCC3. The predicted octanol–water partition coefficient (Wildman–Crippen LogP) is 2.35. The molecule has 4 heteroatoms. The minimum absolute atomic E-state index is 0.0748. The van der Waals surface area contributed by atoms with E-state index in [1.54, 1.807) is 0 Å². The Hall–Kier alpha value is -0.910. The van der Waals surface area contributed by atoms with Crippen molar-refractivity contribution in [2.45, 2.75) is 25.7 Å². The van der Waals surface area contributed by atoms with Gasteiger partial charge in [0.2, 0.25) is 5.78 Å². The van der Waals surface area contributed by atoms with E-state index in [9.17, 15) is 4.79 Å². The number of rotatable bonds is 0. The number of ketones is 1. The highest BCUT2D eigenvalue weighted by Gasteiger charge is 2.33. The van der Waals surface area contributed by atoms with Gasteiger partial charge in [0.15, 0.2) is 0 Å². The van der Waals surface area contributed by atoms with Crippen molar-refractivity contribution < 1.29 is 10.0 Å². The van der Waals surface area contributed by atoms with Gasteiger partial charge in [-0.15, -0.1) is 0 Å². The van der Waals surface area contributed by atoms with E-state index in [-0.39, 0.29) is 11.5 Å². The summed E-state index contributed by atoms with van der Waals surface area (Å²) in [4.78, 5) is 12.0. The number of benzene rings is 1. The molecule has 1 N–H and O–H groups in total. The van der Waals surface area contributed by atoms with Gasteiger partial charge in [0.25, 0.3) is 0 Å². The van der Waals surface area contributed by atoms with Crippen LogP contribution in [0.3, 0.4) is 0 Å². The third-order valence-electron chi connectivity index (χ3n) is 3.41. The highest BCUT2D eigenvalue weighted by molar-refractivity contribution is 14.1.